The molecule has 1 aliphatic heterocycles. The highest BCUT2D eigenvalue weighted by Gasteiger charge is 2.21. The summed E-state index contributed by atoms with van der Waals surface area (Å²) in [5.74, 6) is 1.20. The van der Waals surface area contributed by atoms with E-state index < -0.39 is 5.97 Å². The minimum atomic E-state index is -0.656. The standard InChI is InChI=1S/C8H14O2S/c1-6-2-3-11-7(4-6)5-8(9)10/h6-7H,2-5H2,1H3,(H,9,10). The van der Waals surface area contributed by atoms with Crippen LogP contribution in [0, 0.1) is 5.92 Å². The van der Waals surface area contributed by atoms with Crippen molar-refractivity contribution in [2.45, 2.75) is 31.4 Å². The summed E-state index contributed by atoms with van der Waals surface area (Å²) in [5.41, 5.74) is 0. The topological polar surface area (TPSA) is 37.3 Å². The normalized spacial score (nSPS) is 31.7. The summed E-state index contributed by atoms with van der Waals surface area (Å²) in [6.07, 6.45) is 2.67. The Hall–Kier alpha value is -0.180. The van der Waals surface area contributed by atoms with E-state index >= 15 is 0 Å². The van der Waals surface area contributed by atoms with E-state index in [-0.39, 0.29) is 0 Å². The molecule has 2 nitrogen and oxygen atoms in total. The van der Waals surface area contributed by atoms with Crippen LogP contribution in [0.15, 0.2) is 0 Å². The summed E-state index contributed by atoms with van der Waals surface area (Å²) >= 11 is 1.81. The number of hydrogen-bond donors (Lipinski definition) is 1. The maximum Gasteiger partial charge on any atom is 0.304 e. The Bertz CT molecular complexity index is 147. The van der Waals surface area contributed by atoms with Gasteiger partial charge in [-0.25, -0.2) is 0 Å². The van der Waals surface area contributed by atoms with E-state index in [1.54, 1.807) is 0 Å². The molecule has 3 heteroatoms. The van der Waals surface area contributed by atoms with Crippen molar-refractivity contribution >= 4 is 17.7 Å². The number of hydrogen-bond acceptors (Lipinski definition) is 2. The van der Waals surface area contributed by atoms with Crippen LogP contribution >= 0.6 is 11.8 Å². The Morgan fingerprint density at radius 2 is 2.45 bits per heavy atom. The minimum absolute atomic E-state index is 0.342. The first-order valence-electron chi connectivity index (χ1n) is 4.02. The first-order valence-corrected chi connectivity index (χ1v) is 5.06. The zero-order valence-corrected chi connectivity index (χ0v) is 7.56. The van der Waals surface area contributed by atoms with E-state index in [1.165, 1.54) is 6.42 Å². The zero-order valence-electron chi connectivity index (χ0n) is 6.75. The zero-order chi connectivity index (χ0) is 8.27. The van der Waals surface area contributed by atoms with Gasteiger partial charge in [-0.15, -0.1) is 0 Å². The monoisotopic (exact) mass is 174 g/mol. The van der Waals surface area contributed by atoms with E-state index in [4.69, 9.17) is 5.11 Å². The molecule has 1 rings (SSSR count). The van der Waals surface area contributed by atoms with Crippen molar-refractivity contribution in [1.29, 1.82) is 0 Å². The fraction of sp³-hybridized carbons (Fsp3) is 0.875. The van der Waals surface area contributed by atoms with Crippen LogP contribution in [0.25, 0.3) is 0 Å². The average Bonchev–Trinajstić information content (AvgIpc) is 1.85. The first-order chi connectivity index (χ1) is 5.18. The molecular formula is C8H14O2S. The van der Waals surface area contributed by atoms with Crippen LogP contribution in [0.2, 0.25) is 0 Å². The van der Waals surface area contributed by atoms with E-state index in [0.29, 0.717) is 11.7 Å². The third-order valence-corrected chi connectivity index (χ3v) is 3.33. The van der Waals surface area contributed by atoms with Crippen molar-refractivity contribution in [3.8, 4) is 0 Å². The van der Waals surface area contributed by atoms with Crippen LogP contribution in [0.4, 0.5) is 0 Å². The highest BCUT2D eigenvalue weighted by molar-refractivity contribution is 7.99. The highest BCUT2D eigenvalue weighted by atomic mass is 32.2. The van der Waals surface area contributed by atoms with E-state index in [9.17, 15) is 4.79 Å². The molecule has 0 aromatic heterocycles. The smallest absolute Gasteiger partial charge is 0.304 e. The predicted octanol–water partition coefficient (Wildman–Crippen LogP) is 1.99. The van der Waals surface area contributed by atoms with Gasteiger partial charge in [0.25, 0.3) is 0 Å². The van der Waals surface area contributed by atoms with Crippen molar-refractivity contribution in [2.24, 2.45) is 5.92 Å². The molecular weight excluding hydrogens is 160 g/mol. The van der Waals surface area contributed by atoms with Crippen molar-refractivity contribution < 1.29 is 9.90 Å². The van der Waals surface area contributed by atoms with Crippen LogP contribution in [-0.4, -0.2) is 22.1 Å². The fourth-order valence-corrected chi connectivity index (χ4v) is 3.00. The molecule has 0 saturated carbocycles. The first kappa shape index (κ1) is 8.91. The summed E-state index contributed by atoms with van der Waals surface area (Å²) in [6.45, 7) is 2.20. The fourth-order valence-electron chi connectivity index (χ4n) is 1.41. The Morgan fingerprint density at radius 1 is 1.73 bits per heavy atom. The lowest BCUT2D eigenvalue weighted by molar-refractivity contribution is -0.137. The van der Waals surface area contributed by atoms with Crippen molar-refractivity contribution in [1.82, 2.24) is 0 Å². The van der Waals surface area contributed by atoms with Gasteiger partial charge in [0, 0.05) is 5.25 Å². The number of thioether (sulfide) groups is 1. The molecule has 1 fully saturated rings. The molecule has 1 heterocycles. The molecule has 2 unspecified atom stereocenters. The van der Waals surface area contributed by atoms with Crippen molar-refractivity contribution in [3.63, 3.8) is 0 Å². The molecule has 11 heavy (non-hydrogen) atoms. The SMILES string of the molecule is CC1CCSC(CC(=O)O)C1. The molecule has 1 aliphatic rings. The van der Waals surface area contributed by atoms with Crippen LogP contribution in [0.5, 0.6) is 0 Å². The third-order valence-electron chi connectivity index (χ3n) is 2.03. The lowest BCUT2D eigenvalue weighted by Crippen LogP contribution is -2.19. The summed E-state index contributed by atoms with van der Waals surface area (Å²) in [5, 5.41) is 8.91. The van der Waals surface area contributed by atoms with Gasteiger partial charge in [-0.3, -0.25) is 4.79 Å². The van der Waals surface area contributed by atoms with Gasteiger partial charge in [0.2, 0.25) is 0 Å². The number of aliphatic carboxylic acids is 1. The summed E-state index contributed by atoms with van der Waals surface area (Å²) < 4.78 is 0. The van der Waals surface area contributed by atoms with Crippen LogP contribution in [0.3, 0.4) is 0 Å². The molecule has 0 aromatic rings. The maximum atomic E-state index is 10.4. The van der Waals surface area contributed by atoms with E-state index in [2.05, 4.69) is 6.92 Å². The Balaban J connectivity index is 2.28. The lowest BCUT2D eigenvalue weighted by atomic mass is 10.0. The summed E-state index contributed by atoms with van der Waals surface area (Å²) in [7, 11) is 0. The number of carboxylic acid groups (broad SMARTS) is 1. The van der Waals surface area contributed by atoms with E-state index in [1.807, 2.05) is 11.8 Å². The highest BCUT2D eigenvalue weighted by Crippen LogP contribution is 2.31. The Morgan fingerprint density at radius 3 is 3.00 bits per heavy atom. The van der Waals surface area contributed by atoms with Gasteiger partial charge in [0.05, 0.1) is 6.42 Å². The second-order valence-electron chi connectivity index (χ2n) is 3.22. The summed E-state index contributed by atoms with van der Waals surface area (Å²) in [6, 6.07) is 0. The van der Waals surface area contributed by atoms with Gasteiger partial charge in [0.15, 0.2) is 0 Å². The molecule has 0 aromatic carbocycles. The number of carbonyl (C=O) groups is 1. The second kappa shape index (κ2) is 4.00. The van der Waals surface area contributed by atoms with Gasteiger partial charge >= 0.3 is 5.97 Å². The average molecular weight is 174 g/mol. The van der Waals surface area contributed by atoms with Gasteiger partial charge in [-0.05, 0) is 24.5 Å². The van der Waals surface area contributed by atoms with Crippen molar-refractivity contribution in [3.05, 3.63) is 0 Å². The maximum absolute atomic E-state index is 10.4. The predicted molar refractivity (Wildman–Crippen MR) is 46.9 cm³/mol. The Kier molecular flexibility index (Phi) is 3.24. The van der Waals surface area contributed by atoms with Gasteiger partial charge in [-0.2, -0.15) is 11.8 Å². The van der Waals surface area contributed by atoms with E-state index in [0.717, 1.165) is 18.1 Å². The number of carboxylic acids is 1. The minimum Gasteiger partial charge on any atom is -0.481 e. The molecule has 2 atom stereocenters. The molecule has 1 saturated heterocycles. The lowest BCUT2D eigenvalue weighted by Gasteiger charge is -2.24. The van der Waals surface area contributed by atoms with Gasteiger partial charge in [0.1, 0.15) is 0 Å². The quantitative estimate of drug-likeness (QED) is 0.695. The van der Waals surface area contributed by atoms with Gasteiger partial charge in [-0.1, -0.05) is 6.92 Å². The third kappa shape index (κ3) is 3.14. The summed E-state index contributed by atoms with van der Waals surface area (Å²) in [4.78, 5) is 10.4. The largest absolute Gasteiger partial charge is 0.481 e. The second-order valence-corrected chi connectivity index (χ2v) is 4.63. The molecule has 0 spiro atoms. The molecule has 64 valence electrons. The molecule has 0 amide bonds. The molecule has 0 aliphatic carbocycles. The van der Waals surface area contributed by atoms with Gasteiger partial charge < -0.3 is 5.11 Å². The van der Waals surface area contributed by atoms with Crippen LogP contribution < -0.4 is 0 Å². The van der Waals surface area contributed by atoms with Crippen molar-refractivity contribution in [2.75, 3.05) is 5.75 Å². The Labute approximate surface area is 71.4 Å². The van der Waals surface area contributed by atoms with Crippen LogP contribution in [0.1, 0.15) is 26.2 Å². The molecule has 1 N–H and O–H groups in total. The molecule has 0 bridgehead atoms. The number of rotatable bonds is 2. The van der Waals surface area contributed by atoms with Crippen LogP contribution in [-0.2, 0) is 4.79 Å². The molecule has 0 radical (unpaired) electrons.